The molecule has 1 saturated carbocycles. The van der Waals surface area contributed by atoms with Crippen molar-refractivity contribution in [2.75, 3.05) is 49.5 Å². The molecule has 2 heterocycles. The Morgan fingerprint density at radius 3 is 2.23 bits per heavy atom. The summed E-state index contributed by atoms with van der Waals surface area (Å²) in [6.07, 6.45) is -5.10. The van der Waals surface area contributed by atoms with Crippen LogP contribution in [-0.4, -0.2) is 66.3 Å². The van der Waals surface area contributed by atoms with E-state index < -0.39 is 34.2 Å². The predicted molar refractivity (Wildman–Crippen MR) is 132 cm³/mol. The number of hydrogen-bond donors (Lipinski definition) is 1. The highest BCUT2D eigenvalue weighted by molar-refractivity contribution is 5.55. The van der Waals surface area contributed by atoms with Gasteiger partial charge in [0.1, 0.15) is 11.3 Å². The number of nitro groups is 1. The lowest BCUT2D eigenvalue weighted by atomic mass is 9.92. The molecule has 8 nitrogen and oxygen atoms in total. The first-order valence-electron chi connectivity index (χ1n) is 12.6. The van der Waals surface area contributed by atoms with Crippen molar-refractivity contribution in [3.8, 4) is 0 Å². The van der Waals surface area contributed by atoms with E-state index in [9.17, 15) is 36.5 Å². The zero-order valence-electron chi connectivity index (χ0n) is 21.0. The second kappa shape index (κ2) is 11.9. The van der Waals surface area contributed by atoms with Crippen molar-refractivity contribution in [1.29, 1.82) is 0 Å². The van der Waals surface area contributed by atoms with Gasteiger partial charge in [-0.05, 0) is 49.9 Å². The molecule has 0 bridgehead atoms. The first-order valence-corrected chi connectivity index (χ1v) is 12.6. The van der Waals surface area contributed by atoms with Gasteiger partial charge in [0.15, 0.2) is 0 Å². The van der Waals surface area contributed by atoms with Crippen LogP contribution in [0, 0.1) is 10.1 Å². The van der Waals surface area contributed by atoms with E-state index in [4.69, 9.17) is 4.74 Å². The van der Waals surface area contributed by atoms with Gasteiger partial charge in [-0.3, -0.25) is 15.0 Å². The molecular formula is C25H29F6N5O3. The number of alkyl halides is 6. The first-order chi connectivity index (χ1) is 18.4. The molecule has 4 rings (SSSR count). The summed E-state index contributed by atoms with van der Waals surface area (Å²) >= 11 is 0. The molecule has 1 N–H and O–H groups in total. The van der Waals surface area contributed by atoms with Crippen LogP contribution in [0.3, 0.4) is 0 Å². The smallest absolute Gasteiger partial charge is 0.382 e. The van der Waals surface area contributed by atoms with E-state index in [0.29, 0.717) is 38.2 Å². The quantitative estimate of drug-likeness (QED) is 0.256. The number of piperazine rings is 1. The molecule has 1 saturated heterocycles. The first kappa shape index (κ1) is 28.9. The Morgan fingerprint density at radius 1 is 0.974 bits per heavy atom. The van der Waals surface area contributed by atoms with Gasteiger partial charge in [0, 0.05) is 50.5 Å². The summed E-state index contributed by atoms with van der Waals surface area (Å²) in [4.78, 5) is 17.7. The monoisotopic (exact) mass is 561 g/mol. The lowest BCUT2D eigenvalue weighted by Gasteiger charge is -2.36. The van der Waals surface area contributed by atoms with E-state index in [1.807, 2.05) is 4.90 Å². The lowest BCUT2D eigenvalue weighted by Crippen LogP contribution is -2.47. The Bertz CT molecular complexity index is 1110. The minimum atomic E-state index is -4.82. The van der Waals surface area contributed by atoms with Gasteiger partial charge < -0.3 is 15.0 Å². The largest absolute Gasteiger partial charge is 0.433 e. The molecule has 0 amide bonds. The van der Waals surface area contributed by atoms with Gasteiger partial charge in [-0.1, -0.05) is 0 Å². The van der Waals surface area contributed by atoms with Gasteiger partial charge in [0.05, 0.1) is 29.5 Å². The molecule has 1 aromatic heterocycles. The molecule has 0 radical (unpaired) electrons. The Balaban J connectivity index is 1.16. The summed E-state index contributed by atoms with van der Waals surface area (Å²) in [7, 11) is 0. The molecule has 0 atom stereocenters. The number of anilines is 2. The van der Waals surface area contributed by atoms with Gasteiger partial charge in [0.25, 0.3) is 5.69 Å². The van der Waals surface area contributed by atoms with E-state index in [1.54, 1.807) is 0 Å². The van der Waals surface area contributed by atoms with Crippen LogP contribution in [0.25, 0.3) is 0 Å². The molecule has 1 aliphatic heterocycles. The average molecular weight is 562 g/mol. The second-order valence-electron chi connectivity index (χ2n) is 9.70. The van der Waals surface area contributed by atoms with Gasteiger partial charge in [-0.2, -0.15) is 26.3 Å². The van der Waals surface area contributed by atoms with E-state index in [1.165, 1.54) is 18.3 Å². The second-order valence-corrected chi connectivity index (χ2v) is 9.70. The summed E-state index contributed by atoms with van der Waals surface area (Å²) in [6, 6.07) is 5.33. The minimum absolute atomic E-state index is 0.0464. The summed E-state index contributed by atoms with van der Waals surface area (Å²) < 4.78 is 83.8. The Labute approximate surface area is 221 Å². The van der Waals surface area contributed by atoms with Crippen molar-refractivity contribution in [3.05, 3.63) is 57.9 Å². The van der Waals surface area contributed by atoms with Gasteiger partial charge in [-0.25, -0.2) is 4.98 Å². The number of ether oxygens (including phenoxy) is 1. The Kier molecular flexibility index (Phi) is 8.84. The van der Waals surface area contributed by atoms with Crippen LogP contribution >= 0.6 is 0 Å². The maximum Gasteiger partial charge on any atom is 0.433 e. The highest BCUT2D eigenvalue weighted by atomic mass is 19.4. The molecule has 2 fully saturated rings. The molecule has 2 aromatic rings. The maximum atomic E-state index is 13.2. The summed E-state index contributed by atoms with van der Waals surface area (Å²) in [5.74, 6) is 0. The van der Waals surface area contributed by atoms with Crippen LogP contribution < -0.4 is 10.2 Å². The molecular weight excluding hydrogens is 532 g/mol. The summed E-state index contributed by atoms with van der Waals surface area (Å²) in [5.41, 5.74) is -2.29. The average Bonchev–Trinajstić information content (AvgIpc) is 2.89. The molecule has 214 valence electrons. The summed E-state index contributed by atoms with van der Waals surface area (Å²) in [6.45, 7) is 4.08. The number of nitrogens with one attached hydrogen (secondary N) is 1. The predicted octanol–water partition coefficient (Wildman–Crippen LogP) is 5.59. The van der Waals surface area contributed by atoms with Gasteiger partial charge in [0.2, 0.25) is 0 Å². The number of nitrogens with zero attached hydrogens (tertiary/aromatic N) is 4. The number of halogens is 6. The van der Waals surface area contributed by atoms with Crippen molar-refractivity contribution >= 4 is 17.1 Å². The number of nitro benzene ring substituents is 1. The van der Waals surface area contributed by atoms with E-state index in [2.05, 4.69) is 15.2 Å². The van der Waals surface area contributed by atoms with Crippen molar-refractivity contribution in [2.45, 2.75) is 50.2 Å². The number of aromatic nitrogens is 1. The zero-order chi connectivity index (χ0) is 28.2. The minimum Gasteiger partial charge on any atom is -0.382 e. The fraction of sp³-hybridized carbons (Fsp3) is 0.560. The van der Waals surface area contributed by atoms with Crippen molar-refractivity contribution < 1.29 is 36.0 Å². The zero-order valence-corrected chi connectivity index (χ0v) is 21.0. The number of benzene rings is 1. The fourth-order valence-corrected chi connectivity index (χ4v) is 4.94. The normalized spacial score (nSPS) is 21.1. The van der Waals surface area contributed by atoms with E-state index in [-0.39, 0.29) is 17.8 Å². The third-order valence-corrected chi connectivity index (χ3v) is 7.08. The van der Waals surface area contributed by atoms with Crippen LogP contribution in [0.4, 0.5) is 43.4 Å². The molecule has 1 aromatic carbocycles. The topological polar surface area (TPSA) is 83.8 Å². The molecule has 0 unspecified atom stereocenters. The van der Waals surface area contributed by atoms with Crippen LogP contribution in [-0.2, 0) is 17.1 Å². The van der Waals surface area contributed by atoms with Crippen LogP contribution in [0.2, 0.25) is 0 Å². The van der Waals surface area contributed by atoms with Crippen LogP contribution in [0.1, 0.15) is 36.9 Å². The van der Waals surface area contributed by atoms with E-state index >= 15 is 0 Å². The third-order valence-electron chi connectivity index (χ3n) is 7.08. The third kappa shape index (κ3) is 7.72. The SMILES string of the molecule is O=[N+]([O-])c1ccc(NC2CCC(OCCN3CCN(c4ccc(C(F)(F)F)nc4)CC3)CC2)cc1C(F)(F)F. The standard InChI is InChI=1S/C25H29F6N5O3/c26-24(27,28)21-15-18(3-7-22(21)36(37)38)33-17-1-5-20(6-2-17)39-14-13-34-9-11-35(12-10-34)19-4-8-23(32-16-19)25(29,30)31/h3-4,7-8,15-17,20,33H,1-2,5-6,9-14H2. The Hall–Kier alpha value is -3.13. The van der Waals surface area contributed by atoms with Gasteiger partial charge in [-0.15, -0.1) is 0 Å². The number of hydrogen-bond acceptors (Lipinski definition) is 7. The number of rotatable bonds is 8. The molecule has 0 spiro atoms. The summed E-state index contributed by atoms with van der Waals surface area (Å²) in [5, 5.41) is 14.0. The molecule has 2 aliphatic rings. The number of pyridine rings is 1. The molecule has 14 heteroatoms. The van der Waals surface area contributed by atoms with Crippen LogP contribution in [0.5, 0.6) is 0 Å². The fourth-order valence-electron chi connectivity index (χ4n) is 4.94. The highest BCUT2D eigenvalue weighted by Crippen LogP contribution is 2.38. The highest BCUT2D eigenvalue weighted by Gasteiger charge is 2.38. The lowest BCUT2D eigenvalue weighted by molar-refractivity contribution is -0.388. The van der Waals surface area contributed by atoms with E-state index in [0.717, 1.165) is 50.7 Å². The molecule has 39 heavy (non-hydrogen) atoms. The van der Waals surface area contributed by atoms with Crippen molar-refractivity contribution in [3.63, 3.8) is 0 Å². The maximum absolute atomic E-state index is 13.2. The van der Waals surface area contributed by atoms with Crippen LogP contribution in [0.15, 0.2) is 36.5 Å². The molecule has 1 aliphatic carbocycles. The van der Waals surface area contributed by atoms with Crippen molar-refractivity contribution in [2.24, 2.45) is 0 Å². The van der Waals surface area contributed by atoms with Gasteiger partial charge >= 0.3 is 12.4 Å². The Morgan fingerprint density at radius 2 is 1.67 bits per heavy atom. The van der Waals surface area contributed by atoms with Crippen molar-refractivity contribution in [1.82, 2.24) is 9.88 Å².